The normalized spacial score (nSPS) is 9.88. The molecular weight excluding hydrogens is 222 g/mol. The van der Waals surface area contributed by atoms with Crippen LogP contribution in [-0.4, -0.2) is 20.2 Å². The van der Waals surface area contributed by atoms with E-state index in [1.807, 2.05) is 0 Å². The number of anilines is 2. The molecule has 2 N–H and O–H groups in total. The van der Waals surface area contributed by atoms with Crippen LogP contribution in [0.3, 0.4) is 0 Å². The van der Waals surface area contributed by atoms with Gasteiger partial charge in [-0.15, -0.1) is 11.3 Å². The molecule has 1 aromatic heterocycles. The fraction of sp³-hybridized carbons (Fsp3) is 0.545. The molecule has 16 heavy (non-hydrogen) atoms. The number of hydrogen-bond donors (Lipinski definition) is 1. The molecule has 0 aliphatic carbocycles. The van der Waals surface area contributed by atoms with Gasteiger partial charge in [0.1, 0.15) is 21.6 Å². The Balaban J connectivity index is 3.16. The van der Waals surface area contributed by atoms with Crippen LogP contribution in [0.1, 0.15) is 25.1 Å². The number of nitriles is 1. The van der Waals surface area contributed by atoms with E-state index in [0.29, 0.717) is 16.3 Å². The van der Waals surface area contributed by atoms with Crippen LogP contribution in [0.2, 0.25) is 0 Å². The lowest BCUT2D eigenvalue weighted by Crippen LogP contribution is -2.22. The van der Waals surface area contributed by atoms with Crippen molar-refractivity contribution in [1.82, 2.24) is 0 Å². The fourth-order valence-electron chi connectivity index (χ4n) is 1.58. The number of ether oxygens (including phenoxy) is 1. The molecule has 4 nitrogen and oxygen atoms in total. The first-order valence-corrected chi connectivity index (χ1v) is 6.12. The Kier molecular flexibility index (Phi) is 4.44. The van der Waals surface area contributed by atoms with Gasteiger partial charge in [0.15, 0.2) is 5.75 Å². The maximum absolute atomic E-state index is 8.94. The highest BCUT2D eigenvalue weighted by molar-refractivity contribution is 7.17. The number of nitrogens with two attached hydrogens (primary N) is 1. The van der Waals surface area contributed by atoms with Gasteiger partial charge in [0.2, 0.25) is 0 Å². The molecule has 0 amide bonds. The van der Waals surface area contributed by atoms with E-state index >= 15 is 0 Å². The van der Waals surface area contributed by atoms with Crippen molar-refractivity contribution >= 4 is 22.0 Å². The molecule has 0 spiro atoms. The lowest BCUT2D eigenvalue weighted by molar-refractivity contribution is 0.418. The third-order valence-corrected chi connectivity index (χ3v) is 3.50. The van der Waals surface area contributed by atoms with Crippen molar-refractivity contribution in [3.8, 4) is 11.8 Å². The van der Waals surface area contributed by atoms with Crippen molar-refractivity contribution in [2.45, 2.75) is 20.3 Å². The molecule has 0 saturated heterocycles. The summed E-state index contributed by atoms with van der Waals surface area (Å²) in [7, 11) is 1.59. The summed E-state index contributed by atoms with van der Waals surface area (Å²) in [5, 5.41) is 9.90. The van der Waals surface area contributed by atoms with E-state index in [1.54, 1.807) is 7.11 Å². The Morgan fingerprint density at radius 2 is 2.19 bits per heavy atom. The van der Waals surface area contributed by atoms with Crippen molar-refractivity contribution in [1.29, 1.82) is 5.26 Å². The standard InChI is InChI=1S/C11H17N3OS/c1-4-6-14(5-2)11-10(15-3)9(13)8(7-12)16-11/h4-6,13H2,1-3H3. The predicted molar refractivity (Wildman–Crippen MR) is 68.2 cm³/mol. The first-order valence-electron chi connectivity index (χ1n) is 5.30. The van der Waals surface area contributed by atoms with Crippen LogP contribution in [0.5, 0.6) is 5.75 Å². The van der Waals surface area contributed by atoms with Crippen LogP contribution in [0.15, 0.2) is 0 Å². The highest BCUT2D eigenvalue weighted by atomic mass is 32.1. The Morgan fingerprint density at radius 1 is 1.50 bits per heavy atom. The van der Waals surface area contributed by atoms with E-state index in [0.717, 1.165) is 24.5 Å². The highest BCUT2D eigenvalue weighted by Gasteiger charge is 2.20. The van der Waals surface area contributed by atoms with Gasteiger partial charge >= 0.3 is 0 Å². The van der Waals surface area contributed by atoms with Gasteiger partial charge in [0, 0.05) is 13.1 Å². The highest BCUT2D eigenvalue weighted by Crippen LogP contribution is 2.44. The average Bonchev–Trinajstić information content (AvgIpc) is 2.62. The molecule has 88 valence electrons. The molecule has 0 unspecified atom stereocenters. The van der Waals surface area contributed by atoms with Crippen LogP contribution in [0, 0.1) is 11.3 Å². The molecule has 0 aromatic carbocycles. The summed E-state index contributed by atoms with van der Waals surface area (Å²) in [6.07, 6.45) is 1.05. The number of methoxy groups -OCH3 is 1. The first kappa shape index (κ1) is 12.7. The van der Waals surface area contributed by atoms with Crippen LogP contribution in [0.4, 0.5) is 10.7 Å². The number of nitrogens with zero attached hydrogens (tertiary/aromatic N) is 2. The van der Waals surface area contributed by atoms with Gasteiger partial charge in [-0.1, -0.05) is 6.92 Å². The summed E-state index contributed by atoms with van der Waals surface area (Å²) in [4.78, 5) is 2.71. The Labute approximate surface area is 100 Å². The van der Waals surface area contributed by atoms with Gasteiger partial charge in [-0.05, 0) is 13.3 Å². The van der Waals surface area contributed by atoms with Gasteiger partial charge in [-0.25, -0.2) is 0 Å². The van der Waals surface area contributed by atoms with E-state index in [4.69, 9.17) is 15.7 Å². The molecule has 0 radical (unpaired) electrons. The molecule has 0 bridgehead atoms. The van der Waals surface area contributed by atoms with Crippen molar-refractivity contribution in [3.05, 3.63) is 4.88 Å². The molecular formula is C11H17N3OS. The van der Waals surface area contributed by atoms with E-state index in [-0.39, 0.29) is 0 Å². The first-order chi connectivity index (χ1) is 7.69. The lowest BCUT2D eigenvalue weighted by atomic mass is 10.3. The number of thiophene rings is 1. The van der Waals surface area contributed by atoms with E-state index in [9.17, 15) is 0 Å². The van der Waals surface area contributed by atoms with E-state index in [1.165, 1.54) is 11.3 Å². The van der Waals surface area contributed by atoms with Crippen LogP contribution < -0.4 is 15.4 Å². The van der Waals surface area contributed by atoms with Crippen LogP contribution in [-0.2, 0) is 0 Å². The van der Waals surface area contributed by atoms with Gasteiger partial charge in [0.05, 0.1) is 7.11 Å². The zero-order valence-electron chi connectivity index (χ0n) is 9.91. The SMILES string of the molecule is CCCN(CC)c1sc(C#N)c(N)c1OC. The lowest BCUT2D eigenvalue weighted by Gasteiger charge is -2.21. The largest absolute Gasteiger partial charge is 0.492 e. The second-order valence-corrected chi connectivity index (χ2v) is 4.37. The van der Waals surface area contributed by atoms with E-state index in [2.05, 4.69) is 24.8 Å². The van der Waals surface area contributed by atoms with Gasteiger partial charge in [-0.3, -0.25) is 0 Å². The average molecular weight is 239 g/mol. The Hall–Kier alpha value is -1.41. The van der Waals surface area contributed by atoms with Gasteiger partial charge in [-0.2, -0.15) is 5.26 Å². The Morgan fingerprint density at radius 3 is 2.62 bits per heavy atom. The maximum atomic E-state index is 8.94. The molecule has 0 aliphatic rings. The second kappa shape index (κ2) is 5.61. The van der Waals surface area contributed by atoms with Crippen molar-refractivity contribution in [2.75, 3.05) is 30.8 Å². The summed E-state index contributed by atoms with van der Waals surface area (Å²) in [5.41, 5.74) is 6.31. The summed E-state index contributed by atoms with van der Waals surface area (Å²) in [5.74, 6) is 0.636. The Bertz CT molecular complexity index is 395. The number of hydrogen-bond acceptors (Lipinski definition) is 5. The van der Waals surface area contributed by atoms with Crippen LogP contribution in [0.25, 0.3) is 0 Å². The molecule has 0 saturated carbocycles. The molecule has 1 heterocycles. The van der Waals surface area contributed by atoms with Crippen molar-refractivity contribution in [2.24, 2.45) is 0 Å². The third kappa shape index (κ3) is 2.22. The minimum Gasteiger partial charge on any atom is -0.492 e. The summed E-state index contributed by atoms with van der Waals surface area (Å²) in [6.45, 7) is 6.03. The van der Waals surface area contributed by atoms with Gasteiger partial charge < -0.3 is 15.4 Å². The quantitative estimate of drug-likeness (QED) is 0.857. The monoisotopic (exact) mass is 239 g/mol. The molecule has 0 atom stereocenters. The minimum atomic E-state index is 0.458. The summed E-state index contributed by atoms with van der Waals surface area (Å²) < 4.78 is 5.28. The van der Waals surface area contributed by atoms with Crippen molar-refractivity contribution < 1.29 is 4.74 Å². The molecule has 0 aliphatic heterocycles. The second-order valence-electron chi connectivity index (χ2n) is 3.37. The minimum absolute atomic E-state index is 0.458. The van der Waals surface area contributed by atoms with E-state index < -0.39 is 0 Å². The van der Waals surface area contributed by atoms with Crippen LogP contribution >= 0.6 is 11.3 Å². The molecule has 0 fully saturated rings. The summed E-state index contributed by atoms with van der Waals surface area (Å²) >= 11 is 1.40. The number of nitrogen functional groups attached to an aromatic ring is 1. The predicted octanol–water partition coefficient (Wildman–Crippen LogP) is 2.45. The zero-order valence-corrected chi connectivity index (χ0v) is 10.7. The number of rotatable bonds is 5. The smallest absolute Gasteiger partial charge is 0.177 e. The van der Waals surface area contributed by atoms with Crippen molar-refractivity contribution in [3.63, 3.8) is 0 Å². The topological polar surface area (TPSA) is 62.3 Å². The third-order valence-electron chi connectivity index (χ3n) is 2.35. The van der Waals surface area contributed by atoms with Gasteiger partial charge in [0.25, 0.3) is 0 Å². The summed E-state index contributed by atoms with van der Waals surface area (Å²) in [6, 6.07) is 2.10. The zero-order chi connectivity index (χ0) is 12.1. The fourth-order valence-corrected chi connectivity index (χ4v) is 2.66. The maximum Gasteiger partial charge on any atom is 0.177 e. The molecule has 1 rings (SSSR count). The molecule has 5 heteroatoms. The molecule has 1 aromatic rings.